The van der Waals surface area contributed by atoms with Gasteiger partial charge in [-0.1, -0.05) is 82.7 Å². The molecule has 0 amide bonds. The maximum Gasteiger partial charge on any atom is 0.138 e. The van der Waals surface area contributed by atoms with Gasteiger partial charge < -0.3 is 9.47 Å². The molecule has 0 N–H and O–H groups in total. The molecule has 2 nitrogen and oxygen atoms in total. The molecule has 6 aromatic carbocycles. The third kappa shape index (κ3) is 3.00. The van der Waals surface area contributed by atoms with E-state index in [9.17, 15) is 0 Å². The summed E-state index contributed by atoms with van der Waals surface area (Å²) in [5.41, 5.74) is 4.35. The van der Waals surface area contributed by atoms with E-state index in [2.05, 4.69) is 82.7 Å². The summed E-state index contributed by atoms with van der Waals surface area (Å²) in [6.45, 7) is 0. The van der Waals surface area contributed by atoms with Gasteiger partial charge in [0.25, 0.3) is 0 Å². The third-order valence-electron chi connectivity index (χ3n) is 6.41. The average Bonchev–Trinajstić information content (AvgIpc) is 2.86. The van der Waals surface area contributed by atoms with Crippen molar-refractivity contribution in [2.75, 3.05) is 14.2 Å². The SMILES string of the molecule is COc1c(-c2ccccc2)c(OC)c2c(-c3ccccc3)cc3cc(Br)cc4ccc1c2c43. The number of methoxy groups -OCH3 is 2. The van der Waals surface area contributed by atoms with Crippen molar-refractivity contribution < 1.29 is 9.47 Å². The van der Waals surface area contributed by atoms with E-state index in [0.717, 1.165) is 49.0 Å². The fourth-order valence-electron chi connectivity index (χ4n) is 5.11. The largest absolute Gasteiger partial charge is 0.495 e. The van der Waals surface area contributed by atoms with Crippen LogP contribution in [0.1, 0.15) is 0 Å². The van der Waals surface area contributed by atoms with Crippen LogP contribution < -0.4 is 9.47 Å². The van der Waals surface area contributed by atoms with Crippen LogP contribution in [0, 0.1) is 0 Å². The predicted molar refractivity (Wildman–Crippen MR) is 142 cm³/mol. The second kappa shape index (κ2) is 7.79. The summed E-state index contributed by atoms with van der Waals surface area (Å²) < 4.78 is 13.3. The minimum absolute atomic E-state index is 0.835. The molecule has 33 heavy (non-hydrogen) atoms. The zero-order chi connectivity index (χ0) is 22.5. The van der Waals surface area contributed by atoms with Gasteiger partial charge in [-0.2, -0.15) is 0 Å². The van der Waals surface area contributed by atoms with Crippen LogP contribution in [-0.2, 0) is 0 Å². The Kier molecular flexibility index (Phi) is 4.74. The molecule has 0 unspecified atom stereocenters. The highest BCUT2D eigenvalue weighted by Crippen LogP contribution is 2.53. The molecular weight excluding hydrogens is 472 g/mol. The number of ether oxygens (including phenoxy) is 2. The van der Waals surface area contributed by atoms with Crippen LogP contribution in [0.4, 0.5) is 0 Å². The summed E-state index contributed by atoms with van der Waals surface area (Å²) in [5.74, 6) is 1.67. The Labute approximate surface area is 200 Å². The van der Waals surface area contributed by atoms with Crippen LogP contribution in [0.15, 0.2) is 95.5 Å². The number of hydrogen-bond acceptors (Lipinski definition) is 2. The molecule has 0 spiro atoms. The second-order valence-corrected chi connectivity index (χ2v) is 9.10. The van der Waals surface area contributed by atoms with E-state index in [-0.39, 0.29) is 0 Å². The zero-order valence-electron chi connectivity index (χ0n) is 18.4. The van der Waals surface area contributed by atoms with Crippen LogP contribution in [0.2, 0.25) is 0 Å². The number of halogens is 1. The van der Waals surface area contributed by atoms with Crippen LogP contribution in [0.5, 0.6) is 11.5 Å². The summed E-state index contributed by atoms with van der Waals surface area (Å²) in [5, 5.41) is 6.97. The van der Waals surface area contributed by atoms with Crippen molar-refractivity contribution in [2.24, 2.45) is 0 Å². The number of hydrogen-bond donors (Lipinski definition) is 0. The number of rotatable bonds is 4. The molecule has 6 aromatic rings. The highest BCUT2D eigenvalue weighted by Gasteiger charge is 2.25. The first-order valence-corrected chi connectivity index (χ1v) is 11.7. The van der Waals surface area contributed by atoms with Gasteiger partial charge in [0.1, 0.15) is 11.5 Å². The Hall–Kier alpha value is -3.56. The van der Waals surface area contributed by atoms with E-state index in [1.54, 1.807) is 14.2 Å². The molecule has 0 heterocycles. The predicted octanol–water partition coefficient (Wildman–Crippen LogP) is 8.70. The smallest absolute Gasteiger partial charge is 0.138 e. The summed E-state index contributed by atoms with van der Waals surface area (Å²) in [7, 11) is 3.50. The maximum atomic E-state index is 6.20. The van der Waals surface area contributed by atoms with Gasteiger partial charge in [0, 0.05) is 20.6 Å². The van der Waals surface area contributed by atoms with Gasteiger partial charge >= 0.3 is 0 Å². The van der Waals surface area contributed by atoms with Gasteiger partial charge in [-0.3, -0.25) is 0 Å². The van der Waals surface area contributed by atoms with Gasteiger partial charge in [0.15, 0.2) is 0 Å². The minimum atomic E-state index is 0.835. The topological polar surface area (TPSA) is 18.5 Å². The lowest BCUT2D eigenvalue weighted by Gasteiger charge is -2.23. The summed E-state index contributed by atoms with van der Waals surface area (Å²) in [6, 6.07) is 31.9. The lowest BCUT2D eigenvalue weighted by Crippen LogP contribution is -1.99. The molecule has 0 aliphatic heterocycles. The van der Waals surface area contributed by atoms with Crippen molar-refractivity contribution >= 4 is 48.2 Å². The molecule has 0 bridgehead atoms. The lowest BCUT2D eigenvalue weighted by molar-refractivity contribution is 0.404. The highest BCUT2D eigenvalue weighted by molar-refractivity contribution is 9.10. The van der Waals surface area contributed by atoms with E-state index in [1.807, 2.05) is 24.3 Å². The van der Waals surface area contributed by atoms with Crippen molar-refractivity contribution in [1.82, 2.24) is 0 Å². The molecule has 0 saturated heterocycles. The van der Waals surface area contributed by atoms with Crippen molar-refractivity contribution in [3.63, 3.8) is 0 Å². The van der Waals surface area contributed by atoms with Crippen molar-refractivity contribution in [3.05, 3.63) is 95.5 Å². The summed E-state index contributed by atoms with van der Waals surface area (Å²) >= 11 is 3.70. The van der Waals surface area contributed by atoms with Gasteiger partial charge in [-0.25, -0.2) is 0 Å². The van der Waals surface area contributed by atoms with Crippen molar-refractivity contribution in [3.8, 4) is 33.8 Å². The maximum absolute atomic E-state index is 6.20. The highest BCUT2D eigenvalue weighted by atomic mass is 79.9. The Bertz CT molecular complexity index is 1620. The first-order valence-electron chi connectivity index (χ1n) is 10.9. The van der Waals surface area contributed by atoms with E-state index >= 15 is 0 Å². The van der Waals surface area contributed by atoms with E-state index in [0.29, 0.717) is 0 Å². The normalized spacial score (nSPS) is 11.5. The molecule has 160 valence electrons. The number of benzene rings is 6. The Morgan fingerprint density at radius 1 is 0.576 bits per heavy atom. The standard InChI is InChI=1S/C30H21BrO2/c1-32-29-23-14-13-20-15-22(31)16-21-17-24(18-9-5-3-6-10-18)28(27(23)25(20)21)30(33-2)26(29)19-11-7-4-8-12-19/h3-17H,1-2H3. The molecule has 0 radical (unpaired) electrons. The van der Waals surface area contributed by atoms with Crippen LogP contribution >= 0.6 is 15.9 Å². The fraction of sp³-hybridized carbons (Fsp3) is 0.0667. The molecule has 0 fully saturated rings. The summed E-state index contributed by atoms with van der Waals surface area (Å²) in [4.78, 5) is 0. The molecular formula is C30H21BrO2. The van der Waals surface area contributed by atoms with E-state index < -0.39 is 0 Å². The first kappa shape index (κ1) is 20.1. The average molecular weight is 493 g/mol. The first-order chi connectivity index (χ1) is 16.2. The molecule has 0 aliphatic rings. The zero-order valence-corrected chi connectivity index (χ0v) is 19.9. The van der Waals surface area contributed by atoms with Crippen molar-refractivity contribution in [1.29, 1.82) is 0 Å². The van der Waals surface area contributed by atoms with Gasteiger partial charge in [0.2, 0.25) is 0 Å². The van der Waals surface area contributed by atoms with Crippen LogP contribution in [0.25, 0.3) is 54.6 Å². The van der Waals surface area contributed by atoms with Gasteiger partial charge in [-0.05, 0) is 57.1 Å². The monoisotopic (exact) mass is 492 g/mol. The minimum Gasteiger partial charge on any atom is -0.495 e. The van der Waals surface area contributed by atoms with E-state index in [1.165, 1.54) is 21.5 Å². The Morgan fingerprint density at radius 2 is 1.21 bits per heavy atom. The Balaban J connectivity index is 1.93. The molecule has 0 atom stereocenters. The molecule has 6 rings (SSSR count). The summed E-state index contributed by atoms with van der Waals surface area (Å²) in [6.07, 6.45) is 0. The van der Waals surface area contributed by atoms with Crippen LogP contribution in [-0.4, -0.2) is 14.2 Å². The Morgan fingerprint density at radius 3 is 1.88 bits per heavy atom. The lowest BCUT2D eigenvalue weighted by atomic mass is 9.85. The quantitative estimate of drug-likeness (QED) is 0.229. The molecule has 3 heteroatoms. The third-order valence-corrected chi connectivity index (χ3v) is 6.87. The molecule has 0 saturated carbocycles. The second-order valence-electron chi connectivity index (χ2n) is 8.19. The molecule has 0 aliphatic carbocycles. The van der Waals surface area contributed by atoms with Crippen molar-refractivity contribution in [2.45, 2.75) is 0 Å². The fourth-order valence-corrected chi connectivity index (χ4v) is 5.61. The van der Waals surface area contributed by atoms with E-state index in [4.69, 9.17) is 9.47 Å². The van der Waals surface area contributed by atoms with Gasteiger partial charge in [-0.15, -0.1) is 0 Å². The molecule has 0 aromatic heterocycles. The van der Waals surface area contributed by atoms with Crippen LogP contribution in [0.3, 0.4) is 0 Å². The van der Waals surface area contributed by atoms with Gasteiger partial charge in [0.05, 0.1) is 19.8 Å².